The summed E-state index contributed by atoms with van der Waals surface area (Å²) in [5, 5.41) is 5.88. The van der Waals surface area contributed by atoms with Gasteiger partial charge >= 0.3 is 0 Å². The van der Waals surface area contributed by atoms with Crippen molar-refractivity contribution < 1.29 is 14.4 Å². The third kappa shape index (κ3) is 5.29. The first-order valence-electron chi connectivity index (χ1n) is 11.0. The SMILES string of the molecule is Cc1ccc(NC(=O)c2cccc(N3C[C@H](C(=O)N[C@@H](C)c4ccccc4)CC3=O)c2)cc1. The molecule has 0 spiro atoms. The first kappa shape index (κ1) is 22.3. The molecule has 1 aliphatic rings. The molecule has 3 aromatic carbocycles. The van der Waals surface area contributed by atoms with Crippen LogP contribution >= 0.6 is 0 Å². The maximum absolute atomic E-state index is 12.8. The molecule has 2 N–H and O–H groups in total. The summed E-state index contributed by atoms with van der Waals surface area (Å²) in [5.74, 6) is -0.957. The van der Waals surface area contributed by atoms with Crippen LogP contribution in [0.4, 0.5) is 11.4 Å². The molecule has 0 radical (unpaired) electrons. The molecule has 3 amide bonds. The minimum Gasteiger partial charge on any atom is -0.349 e. The van der Waals surface area contributed by atoms with E-state index in [0.717, 1.165) is 11.1 Å². The van der Waals surface area contributed by atoms with Gasteiger partial charge in [0.25, 0.3) is 5.91 Å². The molecule has 1 heterocycles. The number of aryl methyl sites for hydroxylation is 1. The average molecular weight is 442 g/mol. The van der Waals surface area contributed by atoms with Crippen LogP contribution in [0.2, 0.25) is 0 Å². The minimum absolute atomic E-state index is 0.126. The number of carbonyl (C=O) groups is 3. The van der Waals surface area contributed by atoms with Crippen LogP contribution in [0.15, 0.2) is 78.9 Å². The first-order chi connectivity index (χ1) is 15.9. The summed E-state index contributed by atoms with van der Waals surface area (Å²) < 4.78 is 0. The second-order valence-corrected chi connectivity index (χ2v) is 8.42. The number of nitrogens with zero attached hydrogens (tertiary/aromatic N) is 1. The number of hydrogen-bond donors (Lipinski definition) is 2. The van der Waals surface area contributed by atoms with Crippen molar-refractivity contribution in [3.05, 3.63) is 95.6 Å². The van der Waals surface area contributed by atoms with Crippen molar-refractivity contribution in [2.75, 3.05) is 16.8 Å². The summed E-state index contributed by atoms with van der Waals surface area (Å²) >= 11 is 0. The van der Waals surface area contributed by atoms with E-state index in [1.54, 1.807) is 29.2 Å². The lowest BCUT2D eigenvalue weighted by atomic mass is 10.1. The van der Waals surface area contributed by atoms with Crippen LogP contribution in [0.1, 0.15) is 40.9 Å². The third-order valence-electron chi connectivity index (χ3n) is 5.88. The fraction of sp³-hybridized carbons (Fsp3) is 0.222. The van der Waals surface area contributed by atoms with Crippen molar-refractivity contribution in [1.29, 1.82) is 0 Å². The Kier molecular flexibility index (Phi) is 6.54. The van der Waals surface area contributed by atoms with Crippen LogP contribution in [0.5, 0.6) is 0 Å². The van der Waals surface area contributed by atoms with E-state index in [0.29, 0.717) is 16.9 Å². The van der Waals surface area contributed by atoms with E-state index in [1.165, 1.54) is 0 Å². The summed E-state index contributed by atoms with van der Waals surface area (Å²) in [6, 6.07) is 24.1. The Bertz CT molecular complexity index is 1160. The van der Waals surface area contributed by atoms with Gasteiger partial charge in [0.05, 0.1) is 12.0 Å². The fourth-order valence-corrected chi connectivity index (χ4v) is 3.94. The zero-order valence-corrected chi connectivity index (χ0v) is 18.7. The van der Waals surface area contributed by atoms with Crippen molar-refractivity contribution in [1.82, 2.24) is 5.32 Å². The number of carbonyl (C=O) groups excluding carboxylic acids is 3. The van der Waals surface area contributed by atoms with Crippen molar-refractivity contribution in [2.24, 2.45) is 5.92 Å². The molecular formula is C27H27N3O3. The molecule has 0 bridgehead atoms. The van der Waals surface area contributed by atoms with Crippen LogP contribution < -0.4 is 15.5 Å². The van der Waals surface area contributed by atoms with Crippen molar-refractivity contribution in [3.8, 4) is 0 Å². The Morgan fingerprint density at radius 2 is 1.70 bits per heavy atom. The summed E-state index contributed by atoms with van der Waals surface area (Å²) in [6.45, 7) is 4.20. The highest BCUT2D eigenvalue weighted by molar-refractivity contribution is 6.06. The number of benzene rings is 3. The normalized spacial score (nSPS) is 16.4. The van der Waals surface area contributed by atoms with Gasteiger partial charge in [0.1, 0.15) is 0 Å². The van der Waals surface area contributed by atoms with Gasteiger partial charge in [0.2, 0.25) is 11.8 Å². The van der Waals surface area contributed by atoms with Crippen LogP contribution in [-0.4, -0.2) is 24.3 Å². The lowest BCUT2D eigenvalue weighted by Gasteiger charge is -2.19. The molecule has 168 valence electrons. The van der Waals surface area contributed by atoms with Crippen LogP contribution in [0, 0.1) is 12.8 Å². The van der Waals surface area contributed by atoms with Gasteiger partial charge in [-0.05, 0) is 49.7 Å². The van der Waals surface area contributed by atoms with E-state index in [-0.39, 0.29) is 36.7 Å². The number of nitrogens with one attached hydrogen (secondary N) is 2. The van der Waals surface area contributed by atoms with E-state index in [4.69, 9.17) is 0 Å². The molecule has 0 saturated carbocycles. The molecule has 2 atom stereocenters. The van der Waals surface area contributed by atoms with Gasteiger partial charge in [-0.15, -0.1) is 0 Å². The molecule has 0 unspecified atom stereocenters. The Balaban J connectivity index is 1.42. The smallest absolute Gasteiger partial charge is 0.255 e. The predicted octanol–water partition coefficient (Wildman–Crippen LogP) is 4.48. The second-order valence-electron chi connectivity index (χ2n) is 8.42. The monoisotopic (exact) mass is 441 g/mol. The second kappa shape index (κ2) is 9.69. The Morgan fingerprint density at radius 1 is 0.970 bits per heavy atom. The van der Waals surface area contributed by atoms with Gasteiger partial charge in [-0.3, -0.25) is 14.4 Å². The molecule has 4 rings (SSSR count). The maximum Gasteiger partial charge on any atom is 0.255 e. The number of rotatable bonds is 6. The molecule has 1 aliphatic heterocycles. The van der Waals surface area contributed by atoms with Crippen molar-refractivity contribution in [3.63, 3.8) is 0 Å². The largest absolute Gasteiger partial charge is 0.349 e. The van der Waals surface area contributed by atoms with Crippen LogP contribution in [0.3, 0.4) is 0 Å². The highest BCUT2D eigenvalue weighted by Gasteiger charge is 2.35. The Morgan fingerprint density at radius 3 is 2.42 bits per heavy atom. The van der Waals surface area contributed by atoms with Gasteiger partial charge in [0, 0.05) is 29.9 Å². The molecule has 0 aliphatic carbocycles. The number of anilines is 2. The molecule has 6 heteroatoms. The average Bonchev–Trinajstić information content (AvgIpc) is 3.23. The lowest BCUT2D eigenvalue weighted by Crippen LogP contribution is -2.34. The third-order valence-corrected chi connectivity index (χ3v) is 5.88. The topological polar surface area (TPSA) is 78.5 Å². The molecule has 3 aromatic rings. The maximum atomic E-state index is 12.8. The summed E-state index contributed by atoms with van der Waals surface area (Å²) in [6.07, 6.45) is 0.146. The molecular weight excluding hydrogens is 414 g/mol. The van der Waals surface area contributed by atoms with Gasteiger partial charge in [-0.2, -0.15) is 0 Å². The van der Waals surface area contributed by atoms with E-state index in [9.17, 15) is 14.4 Å². The molecule has 6 nitrogen and oxygen atoms in total. The molecule has 33 heavy (non-hydrogen) atoms. The quantitative estimate of drug-likeness (QED) is 0.592. The minimum atomic E-state index is -0.436. The zero-order valence-electron chi connectivity index (χ0n) is 18.7. The summed E-state index contributed by atoms with van der Waals surface area (Å²) in [7, 11) is 0. The van der Waals surface area contributed by atoms with Crippen molar-refractivity contribution in [2.45, 2.75) is 26.3 Å². The van der Waals surface area contributed by atoms with Gasteiger partial charge in [0.15, 0.2) is 0 Å². The van der Waals surface area contributed by atoms with Crippen LogP contribution in [-0.2, 0) is 9.59 Å². The summed E-state index contributed by atoms with van der Waals surface area (Å²) in [5.41, 5.74) is 3.89. The van der Waals surface area contributed by atoms with E-state index in [1.807, 2.05) is 68.4 Å². The van der Waals surface area contributed by atoms with E-state index < -0.39 is 5.92 Å². The van der Waals surface area contributed by atoms with Crippen LogP contribution in [0.25, 0.3) is 0 Å². The highest BCUT2D eigenvalue weighted by atomic mass is 16.2. The van der Waals surface area contributed by atoms with E-state index >= 15 is 0 Å². The van der Waals surface area contributed by atoms with Gasteiger partial charge < -0.3 is 15.5 Å². The van der Waals surface area contributed by atoms with E-state index in [2.05, 4.69) is 10.6 Å². The van der Waals surface area contributed by atoms with Gasteiger partial charge in [-0.1, -0.05) is 54.1 Å². The van der Waals surface area contributed by atoms with Crippen molar-refractivity contribution >= 4 is 29.1 Å². The molecule has 1 fully saturated rings. The summed E-state index contributed by atoms with van der Waals surface area (Å²) in [4.78, 5) is 39.8. The Hall–Kier alpha value is -3.93. The first-order valence-corrected chi connectivity index (χ1v) is 11.0. The predicted molar refractivity (Wildman–Crippen MR) is 129 cm³/mol. The molecule has 1 saturated heterocycles. The lowest BCUT2D eigenvalue weighted by molar-refractivity contribution is -0.126. The number of hydrogen-bond acceptors (Lipinski definition) is 3. The number of amides is 3. The Labute approximate surface area is 193 Å². The standard InChI is InChI=1S/C27H27N3O3/c1-18-11-13-23(14-12-18)29-26(32)21-9-6-10-24(15-21)30-17-22(16-25(30)31)27(33)28-19(2)20-7-4-3-5-8-20/h3-15,19,22H,16-17H2,1-2H3,(H,28,33)(H,29,32)/t19-,22+/m0/s1. The zero-order chi connectivity index (χ0) is 23.4. The fourth-order valence-electron chi connectivity index (χ4n) is 3.94. The van der Waals surface area contributed by atoms with Gasteiger partial charge in [-0.25, -0.2) is 0 Å². The molecule has 0 aromatic heterocycles. The highest BCUT2D eigenvalue weighted by Crippen LogP contribution is 2.27.